The van der Waals surface area contributed by atoms with Gasteiger partial charge in [0.1, 0.15) is 5.75 Å². The van der Waals surface area contributed by atoms with Crippen LogP contribution in [0.3, 0.4) is 0 Å². The third kappa shape index (κ3) is 3.76. The van der Waals surface area contributed by atoms with E-state index < -0.39 is 0 Å². The molecule has 0 saturated carbocycles. The van der Waals surface area contributed by atoms with Gasteiger partial charge in [0.15, 0.2) is 0 Å². The van der Waals surface area contributed by atoms with E-state index in [1.54, 1.807) is 0 Å². The highest BCUT2D eigenvalue weighted by Gasteiger charge is 2.07. The molecular weight excluding hydrogens is 250 g/mol. The highest BCUT2D eigenvalue weighted by atomic mass is 16.5. The summed E-state index contributed by atoms with van der Waals surface area (Å²) in [5.41, 5.74) is 1.21. The molecule has 0 amide bonds. The van der Waals surface area contributed by atoms with Gasteiger partial charge in [-0.15, -0.1) is 0 Å². The Bertz CT molecular complexity index is 531. The van der Waals surface area contributed by atoms with E-state index in [9.17, 15) is 0 Å². The molecule has 0 unspecified atom stereocenters. The van der Waals surface area contributed by atoms with E-state index in [-0.39, 0.29) is 6.10 Å². The summed E-state index contributed by atoms with van der Waals surface area (Å²) in [6, 6.07) is 8.34. The number of hydrogen-bond donors (Lipinski definition) is 0. The van der Waals surface area contributed by atoms with Gasteiger partial charge in [-0.25, -0.2) is 0 Å². The van der Waals surface area contributed by atoms with Gasteiger partial charge in [-0.3, -0.25) is 0 Å². The maximum absolute atomic E-state index is 5.85. The van der Waals surface area contributed by atoms with Gasteiger partial charge in [-0.05, 0) is 38.5 Å². The topological polar surface area (TPSA) is 23.4 Å². The maximum Gasteiger partial charge on any atom is 0.129 e. The molecule has 2 aromatic rings. The first kappa shape index (κ1) is 14.9. The van der Waals surface area contributed by atoms with Gasteiger partial charge in [-0.1, -0.05) is 19.4 Å². The van der Waals surface area contributed by atoms with Crippen molar-refractivity contribution in [3.8, 4) is 5.75 Å². The van der Waals surface area contributed by atoms with Crippen LogP contribution in [0.5, 0.6) is 5.75 Å². The highest BCUT2D eigenvalue weighted by Crippen LogP contribution is 2.27. The minimum Gasteiger partial charge on any atom is -0.490 e. The Morgan fingerprint density at radius 2 is 2.00 bits per heavy atom. The van der Waals surface area contributed by atoms with Gasteiger partial charge in [-0.2, -0.15) is 0 Å². The summed E-state index contributed by atoms with van der Waals surface area (Å²) in [6.45, 7) is 8.79. The summed E-state index contributed by atoms with van der Waals surface area (Å²) in [4.78, 5) is 0. The Labute approximate surface area is 121 Å². The molecule has 0 saturated heterocycles. The van der Waals surface area contributed by atoms with Crippen molar-refractivity contribution in [2.45, 2.75) is 46.3 Å². The van der Waals surface area contributed by atoms with Crippen LogP contribution in [-0.4, -0.2) is 23.9 Å². The second-order valence-electron chi connectivity index (χ2n) is 5.33. The smallest absolute Gasteiger partial charge is 0.129 e. The van der Waals surface area contributed by atoms with E-state index in [0.717, 1.165) is 31.9 Å². The number of aromatic nitrogens is 1. The third-order valence-corrected chi connectivity index (χ3v) is 3.26. The molecule has 0 atom stereocenters. The number of unbranched alkanes of at least 4 members (excludes halogenated alkanes) is 1. The standard InChI is InChI=1S/C17H25NO2/c1-4-5-12-19-13-11-18-10-9-15-16(18)7-6-8-17(15)20-14(2)3/h6-10,14H,4-5,11-13H2,1-3H3. The minimum atomic E-state index is 0.196. The van der Waals surface area contributed by atoms with Crippen molar-refractivity contribution in [1.82, 2.24) is 4.57 Å². The van der Waals surface area contributed by atoms with Crippen LogP contribution in [-0.2, 0) is 11.3 Å². The quantitative estimate of drug-likeness (QED) is 0.672. The minimum absolute atomic E-state index is 0.196. The first-order valence-corrected chi connectivity index (χ1v) is 7.54. The number of fused-ring (bicyclic) bond motifs is 1. The van der Waals surface area contributed by atoms with Crippen molar-refractivity contribution in [3.05, 3.63) is 30.5 Å². The van der Waals surface area contributed by atoms with Gasteiger partial charge >= 0.3 is 0 Å². The summed E-state index contributed by atoms with van der Waals surface area (Å²) < 4.78 is 13.7. The molecular formula is C17H25NO2. The first-order chi connectivity index (χ1) is 9.72. The van der Waals surface area contributed by atoms with Gasteiger partial charge < -0.3 is 14.0 Å². The fourth-order valence-corrected chi connectivity index (χ4v) is 2.26. The summed E-state index contributed by atoms with van der Waals surface area (Å²) in [7, 11) is 0. The summed E-state index contributed by atoms with van der Waals surface area (Å²) in [5, 5.41) is 1.18. The average molecular weight is 275 g/mol. The SMILES string of the molecule is CCCCOCCn1ccc2c(OC(C)C)cccc21. The van der Waals surface area contributed by atoms with E-state index in [4.69, 9.17) is 9.47 Å². The van der Waals surface area contributed by atoms with Crippen molar-refractivity contribution in [2.75, 3.05) is 13.2 Å². The molecule has 0 aliphatic carbocycles. The van der Waals surface area contributed by atoms with Crippen LogP contribution >= 0.6 is 0 Å². The lowest BCUT2D eigenvalue weighted by Gasteiger charge is -2.11. The molecule has 110 valence electrons. The van der Waals surface area contributed by atoms with Gasteiger partial charge in [0, 0.05) is 24.7 Å². The average Bonchev–Trinajstić information content (AvgIpc) is 2.82. The predicted octanol–water partition coefficient (Wildman–Crippen LogP) is 4.25. The zero-order valence-corrected chi connectivity index (χ0v) is 12.8. The molecule has 2 rings (SSSR count). The Morgan fingerprint density at radius 1 is 1.15 bits per heavy atom. The second kappa shape index (κ2) is 7.34. The molecule has 3 nitrogen and oxygen atoms in total. The number of benzene rings is 1. The van der Waals surface area contributed by atoms with Crippen LogP contribution in [0, 0.1) is 0 Å². The molecule has 0 radical (unpaired) electrons. The third-order valence-electron chi connectivity index (χ3n) is 3.26. The Morgan fingerprint density at radius 3 is 2.75 bits per heavy atom. The molecule has 0 aliphatic rings. The molecule has 0 bridgehead atoms. The van der Waals surface area contributed by atoms with Crippen LogP contribution in [0.15, 0.2) is 30.5 Å². The van der Waals surface area contributed by atoms with Gasteiger partial charge in [0.2, 0.25) is 0 Å². The van der Waals surface area contributed by atoms with E-state index in [1.807, 2.05) is 6.07 Å². The molecule has 1 aromatic carbocycles. The highest BCUT2D eigenvalue weighted by molar-refractivity contribution is 5.86. The number of rotatable bonds is 8. The van der Waals surface area contributed by atoms with Gasteiger partial charge in [0.05, 0.1) is 18.2 Å². The number of ether oxygens (including phenoxy) is 2. The van der Waals surface area contributed by atoms with Gasteiger partial charge in [0.25, 0.3) is 0 Å². The Kier molecular flexibility index (Phi) is 5.48. The maximum atomic E-state index is 5.85. The molecule has 3 heteroatoms. The fourth-order valence-electron chi connectivity index (χ4n) is 2.26. The van der Waals surface area contributed by atoms with E-state index in [1.165, 1.54) is 17.3 Å². The largest absolute Gasteiger partial charge is 0.490 e. The summed E-state index contributed by atoms with van der Waals surface area (Å²) in [6.07, 6.45) is 4.63. The summed E-state index contributed by atoms with van der Waals surface area (Å²) >= 11 is 0. The molecule has 0 spiro atoms. The van der Waals surface area contributed by atoms with Crippen molar-refractivity contribution in [3.63, 3.8) is 0 Å². The zero-order valence-electron chi connectivity index (χ0n) is 12.8. The second-order valence-corrected chi connectivity index (χ2v) is 5.33. The Balaban J connectivity index is 2.04. The molecule has 0 aliphatic heterocycles. The molecule has 0 N–H and O–H groups in total. The lowest BCUT2D eigenvalue weighted by atomic mass is 10.2. The number of hydrogen-bond acceptors (Lipinski definition) is 2. The van der Waals surface area contributed by atoms with Crippen LogP contribution in [0.1, 0.15) is 33.6 Å². The van der Waals surface area contributed by atoms with Crippen molar-refractivity contribution in [1.29, 1.82) is 0 Å². The van der Waals surface area contributed by atoms with Crippen molar-refractivity contribution < 1.29 is 9.47 Å². The molecule has 1 heterocycles. The van der Waals surface area contributed by atoms with Crippen LogP contribution < -0.4 is 4.74 Å². The fraction of sp³-hybridized carbons (Fsp3) is 0.529. The van der Waals surface area contributed by atoms with E-state index >= 15 is 0 Å². The van der Waals surface area contributed by atoms with Crippen LogP contribution in [0.4, 0.5) is 0 Å². The molecule has 1 aromatic heterocycles. The lowest BCUT2D eigenvalue weighted by Crippen LogP contribution is -2.07. The van der Waals surface area contributed by atoms with E-state index in [2.05, 4.69) is 49.7 Å². The lowest BCUT2D eigenvalue weighted by molar-refractivity contribution is 0.124. The zero-order chi connectivity index (χ0) is 14.4. The molecule has 20 heavy (non-hydrogen) atoms. The van der Waals surface area contributed by atoms with Crippen LogP contribution in [0.2, 0.25) is 0 Å². The first-order valence-electron chi connectivity index (χ1n) is 7.54. The van der Waals surface area contributed by atoms with Crippen molar-refractivity contribution >= 4 is 10.9 Å². The van der Waals surface area contributed by atoms with Crippen LogP contribution in [0.25, 0.3) is 10.9 Å². The monoisotopic (exact) mass is 275 g/mol. The molecule has 0 fully saturated rings. The number of nitrogens with zero attached hydrogens (tertiary/aromatic N) is 1. The van der Waals surface area contributed by atoms with E-state index in [0.29, 0.717) is 0 Å². The summed E-state index contributed by atoms with van der Waals surface area (Å²) in [5.74, 6) is 0.961. The predicted molar refractivity (Wildman–Crippen MR) is 83.4 cm³/mol. The Hall–Kier alpha value is -1.48. The van der Waals surface area contributed by atoms with Crippen molar-refractivity contribution in [2.24, 2.45) is 0 Å². The normalized spacial score (nSPS) is 11.4.